The predicted molar refractivity (Wildman–Crippen MR) is 58.1 cm³/mol. The molecule has 2 aliphatic rings. The zero-order chi connectivity index (χ0) is 10.2. The van der Waals surface area contributed by atoms with Crippen molar-refractivity contribution in [3.8, 4) is 0 Å². The minimum atomic E-state index is 0.0413. The van der Waals surface area contributed by atoms with Crippen LogP contribution in [0.1, 0.15) is 39.5 Å². The van der Waals surface area contributed by atoms with Crippen molar-refractivity contribution in [1.82, 2.24) is 5.32 Å². The van der Waals surface area contributed by atoms with Gasteiger partial charge in [-0.25, -0.2) is 0 Å². The van der Waals surface area contributed by atoms with Gasteiger partial charge in [-0.3, -0.25) is 0 Å². The van der Waals surface area contributed by atoms with E-state index in [0.717, 1.165) is 12.5 Å². The Hall–Kier alpha value is -0.0800. The second-order valence-electron chi connectivity index (χ2n) is 6.06. The molecule has 2 saturated carbocycles. The monoisotopic (exact) mass is 197 g/mol. The van der Waals surface area contributed by atoms with Crippen molar-refractivity contribution in [3.63, 3.8) is 0 Å². The van der Waals surface area contributed by atoms with Crippen LogP contribution < -0.4 is 5.32 Å². The molecule has 14 heavy (non-hydrogen) atoms. The fourth-order valence-corrected chi connectivity index (χ4v) is 2.29. The molecule has 0 saturated heterocycles. The summed E-state index contributed by atoms with van der Waals surface area (Å²) >= 11 is 0. The molecule has 2 fully saturated rings. The summed E-state index contributed by atoms with van der Waals surface area (Å²) in [6.07, 6.45) is 5.80. The number of hydrogen-bond acceptors (Lipinski definition) is 2. The summed E-state index contributed by atoms with van der Waals surface area (Å²) < 4.78 is 0. The molecule has 82 valence electrons. The molecule has 2 heteroatoms. The lowest BCUT2D eigenvalue weighted by atomic mass is 9.94. The van der Waals surface area contributed by atoms with Crippen LogP contribution in [0.4, 0.5) is 0 Å². The van der Waals surface area contributed by atoms with Crippen molar-refractivity contribution in [2.24, 2.45) is 16.7 Å². The Bertz CT molecular complexity index is 204. The largest absolute Gasteiger partial charge is 0.396 e. The number of rotatable bonds is 6. The average molecular weight is 197 g/mol. The predicted octanol–water partition coefficient (Wildman–Crippen LogP) is 1.78. The molecule has 0 bridgehead atoms. The lowest BCUT2D eigenvalue weighted by molar-refractivity contribution is 0.154. The van der Waals surface area contributed by atoms with Crippen molar-refractivity contribution in [2.75, 3.05) is 19.7 Å². The number of aliphatic hydroxyl groups excluding tert-OH is 1. The van der Waals surface area contributed by atoms with Gasteiger partial charge in [0.2, 0.25) is 0 Å². The second kappa shape index (κ2) is 3.49. The van der Waals surface area contributed by atoms with E-state index in [9.17, 15) is 0 Å². The van der Waals surface area contributed by atoms with Gasteiger partial charge in [0, 0.05) is 25.1 Å². The third-order valence-corrected chi connectivity index (χ3v) is 3.84. The van der Waals surface area contributed by atoms with Crippen molar-refractivity contribution in [3.05, 3.63) is 0 Å². The summed E-state index contributed by atoms with van der Waals surface area (Å²) in [5, 5.41) is 12.7. The van der Waals surface area contributed by atoms with E-state index in [1.807, 2.05) is 0 Å². The highest BCUT2D eigenvalue weighted by Crippen LogP contribution is 2.60. The van der Waals surface area contributed by atoms with Crippen molar-refractivity contribution < 1.29 is 5.11 Å². The van der Waals surface area contributed by atoms with Gasteiger partial charge >= 0.3 is 0 Å². The van der Waals surface area contributed by atoms with E-state index in [0.29, 0.717) is 5.41 Å². The SMILES string of the molecule is CC(C)(CO)CNCC1(C2CC2)CC1. The van der Waals surface area contributed by atoms with E-state index in [2.05, 4.69) is 19.2 Å². The number of nitrogens with one attached hydrogen (secondary N) is 1. The molecule has 0 aromatic carbocycles. The molecule has 0 radical (unpaired) electrons. The lowest BCUT2D eigenvalue weighted by Crippen LogP contribution is -2.36. The first-order chi connectivity index (χ1) is 6.58. The maximum Gasteiger partial charge on any atom is 0.0494 e. The first kappa shape index (κ1) is 10.4. The molecule has 0 aromatic heterocycles. The quantitative estimate of drug-likeness (QED) is 0.680. The average Bonchev–Trinajstić information content (AvgIpc) is 2.98. The standard InChI is InChI=1S/C12H23NO/c1-11(2,9-14)7-13-8-12(5-6-12)10-3-4-10/h10,13-14H,3-9H2,1-2H3. The highest BCUT2D eigenvalue weighted by molar-refractivity contribution is 5.05. The first-order valence-electron chi connectivity index (χ1n) is 5.90. The van der Waals surface area contributed by atoms with E-state index in [1.165, 1.54) is 32.2 Å². The summed E-state index contributed by atoms with van der Waals surface area (Å²) in [6, 6.07) is 0. The maximum atomic E-state index is 9.12. The topological polar surface area (TPSA) is 32.3 Å². The molecule has 0 atom stereocenters. The molecule has 0 aliphatic heterocycles. The molecular weight excluding hydrogens is 174 g/mol. The highest BCUT2D eigenvalue weighted by Gasteiger charge is 2.53. The number of hydrogen-bond donors (Lipinski definition) is 2. The van der Waals surface area contributed by atoms with Gasteiger partial charge in [-0.2, -0.15) is 0 Å². The summed E-state index contributed by atoms with van der Waals surface area (Å²) in [7, 11) is 0. The van der Waals surface area contributed by atoms with Crippen molar-refractivity contribution >= 4 is 0 Å². The Balaban J connectivity index is 1.67. The van der Waals surface area contributed by atoms with Gasteiger partial charge in [-0.15, -0.1) is 0 Å². The van der Waals surface area contributed by atoms with Crippen LogP contribution >= 0.6 is 0 Å². The van der Waals surface area contributed by atoms with E-state index >= 15 is 0 Å². The molecule has 0 unspecified atom stereocenters. The minimum Gasteiger partial charge on any atom is -0.396 e. The summed E-state index contributed by atoms with van der Waals surface area (Å²) in [5.41, 5.74) is 0.727. The van der Waals surface area contributed by atoms with Crippen LogP contribution in [0.2, 0.25) is 0 Å². The van der Waals surface area contributed by atoms with Gasteiger partial charge in [0.15, 0.2) is 0 Å². The summed E-state index contributed by atoms with van der Waals surface area (Å²) in [6.45, 7) is 6.61. The molecule has 2 aliphatic carbocycles. The van der Waals surface area contributed by atoms with E-state index in [-0.39, 0.29) is 12.0 Å². The molecule has 2 nitrogen and oxygen atoms in total. The maximum absolute atomic E-state index is 9.12. The highest BCUT2D eigenvalue weighted by atomic mass is 16.3. The minimum absolute atomic E-state index is 0.0413. The zero-order valence-electron chi connectivity index (χ0n) is 9.47. The van der Waals surface area contributed by atoms with Gasteiger partial charge in [0.1, 0.15) is 0 Å². The smallest absolute Gasteiger partial charge is 0.0494 e. The van der Waals surface area contributed by atoms with E-state index in [1.54, 1.807) is 0 Å². The molecule has 0 amide bonds. The Morgan fingerprint density at radius 2 is 2.00 bits per heavy atom. The van der Waals surface area contributed by atoms with Gasteiger partial charge in [0.05, 0.1) is 0 Å². The van der Waals surface area contributed by atoms with E-state index < -0.39 is 0 Å². The Kier molecular flexibility index (Phi) is 2.61. The van der Waals surface area contributed by atoms with Crippen molar-refractivity contribution in [2.45, 2.75) is 39.5 Å². The Morgan fingerprint density at radius 3 is 2.43 bits per heavy atom. The molecular formula is C12H23NO. The third-order valence-electron chi connectivity index (χ3n) is 3.84. The van der Waals surface area contributed by atoms with Crippen LogP contribution in [0.3, 0.4) is 0 Å². The molecule has 0 spiro atoms. The first-order valence-corrected chi connectivity index (χ1v) is 5.90. The van der Waals surface area contributed by atoms with Gasteiger partial charge in [-0.1, -0.05) is 13.8 Å². The lowest BCUT2D eigenvalue weighted by Gasteiger charge is -2.24. The van der Waals surface area contributed by atoms with Crippen molar-refractivity contribution in [1.29, 1.82) is 0 Å². The van der Waals surface area contributed by atoms with Crippen LogP contribution in [0.25, 0.3) is 0 Å². The fraction of sp³-hybridized carbons (Fsp3) is 1.00. The van der Waals surface area contributed by atoms with Gasteiger partial charge in [0.25, 0.3) is 0 Å². The van der Waals surface area contributed by atoms with Gasteiger partial charge in [-0.05, 0) is 37.0 Å². The number of aliphatic hydroxyl groups is 1. The molecule has 2 N–H and O–H groups in total. The zero-order valence-corrected chi connectivity index (χ0v) is 9.47. The molecule has 2 rings (SSSR count). The van der Waals surface area contributed by atoms with Crippen LogP contribution in [-0.2, 0) is 0 Å². The Morgan fingerprint density at radius 1 is 1.36 bits per heavy atom. The molecule has 0 aromatic rings. The van der Waals surface area contributed by atoms with Crippen LogP contribution in [0, 0.1) is 16.7 Å². The normalized spacial score (nSPS) is 25.1. The second-order valence-corrected chi connectivity index (χ2v) is 6.06. The fourth-order valence-electron chi connectivity index (χ4n) is 2.29. The third kappa shape index (κ3) is 2.29. The van der Waals surface area contributed by atoms with E-state index in [4.69, 9.17) is 5.11 Å². The van der Waals surface area contributed by atoms with Crippen LogP contribution in [0.5, 0.6) is 0 Å². The summed E-state index contributed by atoms with van der Waals surface area (Å²) in [5.74, 6) is 1.03. The van der Waals surface area contributed by atoms with Crippen LogP contribution in [0.15, 0.2) is 0 Å². The van der Waals surface area contributed by atoms with Crippen LogP contribution in [-0.4, -0.2) is 24.8 Å². The molecule has 0 heterocycles. The van der Waals surface area contributed by atoms with Gasteiger partial charge < -0.3 is 10.4 Å². The summed E-state index contributed by atoms with van der Waals surface area (Å²) in [4.78, 5) is 0. The Labute approximate surface area is 87.1 Å².